The maximum atomic E-state index is 12.7. The van der Waals surface area contributed by atoms with Gasteiger partial charge in [0.1, 0.15) is 11.5 Å². The predicted molar refractivity (Wildman–Crippen MR) is 167 cm³/mol. The van der Waals surface area contributed by atoms with Crippen LogP contribution in [-0.4, -0.2) is 56.2 Å². The number of β-amino-alcohol motifs (C(OH)–C–C–N with tert-alkyl or cyclic N) is 1. The summed E-state index contributed by atoms with van der Waals surface area (Å²) in [6, 6.07) is 18.6. The highest BCUT2D eigenvalue weighted by Gasteiger charge is 2.21. The highest BCUT2D eigenvalue weighted by Crippen LogP contribution is 2.22. The second kappa shape index (κ2) is 12.8. The number of aryl methyl sites for hydroxylation is 1. The molecular weight excluding hydrogens is 582 g/mol. The molecule has 14 heteroatoms. The molecule has 0 radical (unpaired) electrons. The molecule has 0 unspecified atom stereocenters. The molecule has 230 valence electrons. The minimum Gasteiger partial charge on any atom is -0.387 e. The summed E-state index contributed by atoms with van der Waals surface area (Å²) in [4.78, 5) is 21.2. The highest BCUT2D eigenvalue weighted by atomic mass is 32.2. The first-order valence-corrected chi connectivity index (χ1v) is 15.5. The van der Waals surface area contributed by atoms with Gasteiger partial charge in [-0.2, -0.15) is 4.98 Å². The van der Waals surface area contributed by atoms with Crippen molar-refractivity contribution in [3.05, 3.63) is 96.1 Å². The number of sulfonamides is 1. The maximum Gasteiger partial charge on any atom is 0.261 e. The number of carbonyl (C=O) groups is 1. The fourth-order valence-corrected chi connectivity index (χ4v) is 5.71. The summed E-state index contributed by atoms with van der Waals surface area (Å²) in [5, 5.41) is 24.3. The molecule has 3 heterocycles. The molecule has 0 fully saturated rings. The molecule has 0 aliphatic carbocycles. The molecule has 1 atom stereocenters. The Labute approximate surface area is 255 Å². The topological polar surface area (TPSA) is 193 Å². The predicted octanol–water partition coefficient (Wildman–Crippen LogP) is 2.96. The second-order valence-corrected chi connectivity index (χ2v) is 12.7. The third kappa shape index (κ3) is 7.58. The van der Waals surface area contributed by atoms with Crippen LogP contribution in [0.5, 0.6) is 0 Å². The number of amides is 1. The number of nitrogens with one attached hydrogen (secondary N) is 4. The van der Waals surface area contributed by atoms with Crippen LogP contribution in [0.1, 0.15) is 48.1 Å². The molecule has 0 aliphatic heterocycles. The van der Waals surface area contributed by atoms with Crippen molar-refractivity contribution < 1.29 is 18.3 Å². The Morgan fingerprint density at radius 3 is 2.66 bits per heavy atom. The van der Waals surface area contributed by atoms with Gasteiger partial charge in [-0.3, -0.25) is 14.6 Å². The van der Waals surface area contributed by atoms with Crippen molar-refractivity contribution in [1.82, 2.24) is 35.4 Å². The number of aromatic nitrogens is 5. The van der Waals surface area contributed by atoms with Gasteiger partial charge in [-0.05, 0) is 62.2 Å². The van der Waals surface area contributed by atoms with Crippen LogP contribution < -0.4 is 21.1 Å². The van der Waals surface area contributed by atoms with Gasteiger partial charge < -0.3 is 26.0 Å². The number of nitrogen functional groups attached to an aromatic ring is 1. The van der Waals surface area contributed by atoms with Crippen molar-refractivity contribution >= 4 is 38.6 Å². The normalized spacial score (nSPS) is 12.7. The van der Waals surface area contributed by atoms with Gasteiger partial charge in [-0.25, -0.2) is 13.4 Å². The zero-order valence-electron chi connectivity index (χ0n) is 24.4. The number of nitrogens with zero attached hydrogens (tertiary/aromatic N) is 4. The van der Waals surface area contributed by atoms with Crippen LogP contribution in [0.15, 0.2) is 84.0 Å². The number of carbonyl (C=O) groups excluding carboxylic acids is 1. The zero-order chi connectivity index (χ0) is 31.3. The first-order chi connectivity index (χ1) is 21.0. The first kappa shape index (κ1) is 30.7. The first-order valence-electron chi connectivity index (χ1n) is 14.0. The van der Waals surface area contributed by atoms with E-state index in [-0.39, 0.29) is 35.4 Å². The van der Waals surface area contributed by atoms with E-state index in [1.54, 1.807) is 48.5 Å². The van der Waals surface area contributed by atoms with Crippen LogP contribution in [0.3, 0.4) is 0 Å². The van der Waals surface area contributed by atoms with E-state index >= 15 is 0 Å². The Morgan fingerprint density at radius 2 is 1.91 bits per heavy atom. The minimum absolute atomic E-state index is 0.116. The van der Waals surface area contributed by atoms with Crippen molar-refractivity contribution in [2.45, 2.75) is 49.9 Å². The Morgan fingerprint density at radius 1 is 1.11 bits per heavy atom. The van der Waals surface area contributed by atoms with E-state index in [9.17, 15) is 18.3 Å². The average molecular weight is 618 g/mol. The molecule has 0 aliphatic rings. The summed E-state index contributed by atoms with van der Waals surface area (Å²) >= 11 is 0. The van der Waals surface area contributed by atoms with E-state index in [2.05, 4.69) is 35.5 Å². The number of H-pyrrole nitrogens is 1. The summed E-state index contributed by atoms with van der Waals surface area (Å²) < 4.78 is 30.0. The number of rotatable bonds is 13. The van der Waals surface area contributed by atoms with Gasteiger partial charge in [0, 0.05) is 42.1 Å². The van der Waals surface area contributed by atoms with E-state index in [4.69, 9.17) is 5.73 Å². The molecule has 5 rings (SSSR count). The summed E-state index contributed by atoms with van der Waals surface area (Å²) in [5.41, 5.74) is 7.30. The van der Waals surface area contributed by atoms with Crippen molar-refractivity contribution in [2.24, 2.45) is 0 Å². The van der Waals surface area contributed by atoms with Crippen LogP contribution in [0.2, 0.25) is 0 Å². The summed E-state index contributed by atoms with van der Waals surface area (Å²) in [6.45, 7) is 5.19. The number of hydrogen-bond acceptors (Lipinski definition) is 9. The minimum atomic E-state index is -3.74. The lowest BCUT2D eigenvalue weighted by Crippen LogP contribution is -2.42. The molecule has 5 aromatic rings. The van der Waals surface area contributed by atoms with Crippen LogP contribution in [0.4, 0.5) is 11.6 Å². The lowest BCUT2D eigenvalue weighted by atomic mass is 9.99. The molecule has 0 spiro atoms. The molecule has 2 aromatic carbocycles. The number of anilines is 2. The number of pyridine rings is 1. The van der Waals surface area contributed by atoms with Crippen LogP contribution in [-0.2, 0) is 23.1 Å². The van der Waals surface area contributed by atoms with Crippen molar-refractivity contribution in [1.29, 1.82) is 0 Å². The van der Waals surface area contributed by atoms with E-state index in [0.29, 0.717) is 29.2 Å². The highest BCUT2D eigenvalue weighted by molar-refractivity contribution is 7.92. The molecule has 7 N–H and O–H groups in total. The Balaban J connectivity index is 1.14. The molecule has 0 saturated carbocycles. The van der Waals surface area contributed by atoms with Gasteiger partial charge in [-0.15, -0.1) is 5.10 Å². The number of aliphatic hydroxyl groups excluding tert-OH is 1. The number of nitrogens with two attached hydrogens (primary N) is 1. The average Bonchev–Trinajstić information content (AvgIpc) is 3.63. The number of fused-ring (bicyclic) bond motifs is 1. The molecule has 3 aromatic heterocycles. The number of aliphatic hydroxyl groups is 1. The second-order valence-electron chi connectivity index (χ2n) is 11.0. The lowest BCUT2D eigenvalue weighted by molar-refractivity contribution is 0.0949. The molecule has 0 saturated heterocycles. The summed E-state index contributed by atoms with van der Waals surface area (Å²) in [5.74, 6) is 0.287. The maximum absolute atomic E-state index is 12.7. The molecule has 1 amide bonds. The quantitative estimate of drug-likeness (QED) is 0.115. The van der Waals surface area contributed by atoms with Crippen molar-refractivity contribution in [3.8, 4) is 0 Å². The Bertz CT molecular complexity index is 1850. The van der Waals surface area contributed by atoms with Gasteiger partial charge in [-0.1, -0.05) is 30.3 Å². The SMILES string of the molecule is CC(C)(CCn1ccc2cc(C(=O)NCc3nc(N)n[nH]3)cnc21)NC[C@H](O)c1cccc(NS(=O)(=O)c2ccccc2)c1. The number of hydrogen-bond donors (Lipinski definition) is 6. The zero-order valence-corrected chi connectivity index (χ0v) is 25.2. The Kier molecular flexibility index (Phi) is 8.94. The Hall–Kier alpha value is -4.79. The van der Waals surface area contributed by atoms with Gasteiger partial charge in [0.2, 0.25) is 5.95 Å². The fourth-order valence-electron chi connectivity index (χ4n) is 4.64. The third-order valence-corrected chi connectivity index (χ3v) is 8.55. The standard InChI is InChI=1S/C30H35N9O4S/c1-30(2,34-18-25(40)20-7-6-8-23(16-20)38-44(42,43)24-9-4-3-5-10-24)12-14-39-13-11-21-15-22(17-32-27(21)39)28(41)33-19-26-35-29(31)37-36-26/h3-11,13,15-17,25,34,38,40H,12,14,18-19H2,1-2H3,(H,33,41)(H3,31,35,36,37)/t25-/m0/s1. The number of aromatic amines is 1. The van der Waals surface area contributed by atoms with Crippen LogP contribution in [0, 0.1) is 0 Å². The van der Waals surface area contributed by atoms with Gasteiger partial charge in [0.05, 0.1) is 23.1 Å². The van der Waals surface area contributed by atoms with Gasteiger partial charge in [0.25, 0.3) is 15.9 Å². The smallest absolute Gasteiger partial charge is 0.261 e. The number of benzene rings is 2. The lowest BCUT2D eigenvalue weighted by Gasteiger charge is -2.28. The third-order valence-electron chi connectivity index (χ3n) is 7.16. The summed E-state index contributed by atoms with van der Waals surface area (Å²) in [7, 11) is -3.74. The van der Waals surface area contributed by atoms with E-state index in [1.807, 2.05) is 30.7 Å². The van der Waals surface area contributed by atoms with Crippen LogP contribution in [0.25, 0.3) is 11.0 Å². The van der Waals surface area contributed by atoms with Crippen molar-refractivity contribution in [2.75, 3.05) is 17.0 Å². The van der Waals surface area contributed by atoms with Crippen LogP contribution >= 0.6 is 0 Å². The molecule has 13 nitrogen and oxygen atoms in total. The van der Waals surface area contributed by atoms with Gasteiger partial charge in [0.15, 0.2) is 0 Å². The molecular formula is C30H35N9O4S. The van der Waals surface area contributed by atoms with E-state index in [0.717, 1.165) is 17.5 Å². The van der Waals surface area contributed by atoms with Gasteiger partial charge >= 0.3 is 0 Å². The molecule has 0 bridgehead atoms. The monoisotopic (exact) mass is 617 g/mol. The summed E-state index contributed by atoms with van der Waals surface area (Å²) in [6.07, 6.45) is 3.35. The largest absolute Gasteiger partial charge is 0.387 e. The van der Waals surface area contributed by atoms with Crippen molar-refractivity contribution in [3.63, 3.8) is 0 Å². The molecule has 44 heavy (non-hydrogen) atoms. The fraction of sp³-hybridized carbons (Fsp3) is 0.267. The van der Waals surface area contributed by atoms with E-state index < -0.39 is 16.1 Å². The van der Waals surface area contributed by atoms with E-state index in [1.165, 1.54) is 18.3 Å².